The molecule has 0 aliphatic rings. The number of hydrogen-bond donors (Lipinski definition) is 2. The van der Waals surface area contributed by atoms with Crippen molar-refractivity contribution in [1.82, 2.24) is 24.9 Å². The van der Waals surface area contributed by atoms with Gasteiger partial charge < -0.3 is 10.4 Å². The summed E-state index contributed by atoms with van der Waals surface area (Å²) in [4.78, 5) is 22.6. The molecule has 0 atom stereocenters. The molecule has 2 rings (SSSR count). The Hall–Kier alpha value is -2.16. The van der Waals surface area contributed by atoms with Gasteiger partial charge in [-0.05, 0) is 22.9 Å². The van der Waals surface area contributed by atoms with Crippen LogP contribution >= 0.6 is 15.9 Å². The minimum atomic E-state index is -0.904. The van der Waals surface area contributed by atoms with E-state index in [0.29, 0.717) is 18.7 Å². The van der Waals surface area contributed by atoms with Gasteiger partial charge in [0.15, 0.2) is 0 Å². The Kier molecular flexibility index (Phi) is 5.31. The highest BCUT2D eigenvalue weighted by molar-refractivity contribution is 9.10. The molecule has 0 spiro atoms. The molecule has 2 aromatic heterocycles. The first-order valence-corrected chi connectivity index (χ1v) is 7.53. The quantitative estimate of drug-likeness (QED) is 0.764. The van der Waals surface area contributed by atoms with Gasteiger partial charge in [-0.2, -0.15) is 10.2 Å². The number of aliphatic carboxylic acids is 1. The largest absolute Gasteiger partial charge is 0.481 e. The Morgan fingerprint density at radius 2 is 2.14 bits per heavy atom. The molecule has 9 heteroatoms. The number of halogens is 1. The molecule has 22 heavy (non-hydrogen) atoms. The second-order valence-corrected chi connectivity index (χ2v) is 5.43. The maximum Gasteiger partial charge on any atom is 0.305 e. The van der Waals surface area contributed by atoms with Crippen molar-refractivity contribution < 1.29 is 14.7 Å². The highest BCUT2D eigenvalue weighted by Crippen LogP contribution is 2.15. The molecule has 0 radical (unpaired) electrons. The number of nitrogens with one attached hydrogen (secondary N) is 1. The van der Waals surface area contributed by atoms with Gasteiger partial charge in [-0.3, -0.25) is 19.0 Å². The maximum absolute atomic E-state index is 12.1. The summed E-state index contributed by atoms with van der Waals surface area (Å²) in [6.07, 6.45) is 4.61. The number of hydrogen-bond acceptors (Lipinski definition) is 4. The first-order valence-electron chi connectivity index (χ1n) is 6.74. The van der Waals surface area contributed by atoms with Crippen LogP contribution < -0.4 is 5.32 Å². The third-order valence-electron chi connectivity index (χ3n) is 3.06. The van der Waals surface area contributed by atoms with E-state index >= 15 is 0 Å². The van der Waals surface area contributed by atoms with Crippen LogP contribution in [0.3, 0.4) is 0 Å². The van der Waals surface area contributed by atoms with Gasteiger partial charge in [0.25, 0.3) is 5.91 Å². The number of aryl methyl sites for hydroxylation is 2. The van der Waals surface area contributed by atoms with Crippen LogP contribution in [0.25, 0.3) is 0 Å². The van der Waals surface area contributed by atoms with E-state index in [9.17, 15) is 9.59 Å². The van der Waals surface area contributed by atoms with E-state index in [1.54, 1.807) is 10.9 Å². The Balaban J connectivity index is 1.95. The topological polar surface area (TPSA) is 102 Å². The lowest BCUT2D eigenvalue weighted by atomic mass is 10.3. The molecule has 1 amide bonds. The number of nitrogens with zero attached hydrogens (tertiary/aromatic N) is 4. The van der Waals surface area contributed by atoms with E-state index in [1.807, 2.05) is 6.92 Å². The van der Waals surface area contributed by atoms with Gasteiger partial charge in [0.1, 0.15) is 0 Å². The highest BCUT2D eigenvalue weighted by Gasteiger charge is 2.12. The molecule has 0 fully saturated rings. The lowest BCUT2D eigenvalue weighted by molar-refractivity contribution is -0.137. The van der Waals surface area contributed by atoms with Crippen molar-refractivity contribution in [3.63, 3.8) is 0 Å². The summed E-state index contributed by atoms with van der Waals surface area (Å²) in [5.41, 5.74) is 1.28. The highest BCUT2D eigenvalue weighted by atomic mass is 79.9. The molecule has 2 N–H and O–H groups in total. The molecule has 2 aromatic rings. The van der Waals surface area contributed by atoms with Crippen molar-refractivity contribution in [2.24, 2.45) is 0 Å². The molecule has 0 saturated heterocycles. The molecule has 0 saturated carbocycles. The molecular weight excluding hydrogens is 354 g/mol. The van der Waals surface area contributed by atoms with Crippen LogP contribution in [0.2, 0.25) is 0 Å². The fourth-order valence-corrected chi connectivity index (χ4v) is 2.35. The number of rotatable bonds is 7. The summed E-state index contributed by atoms with van der Waals surface area (Å²) in [5.74, 6) is -1.17. The fraction of sp³-hybridized carbons (Fsp3) is 0.385. The monoisotopic (exact) mass is 369 g/mol. The predicted molar refractivity (Wildman–Crippen MR) is 81.3 cm³/mol. The van der Waals surface area contributed by atoms with Crippen molar-refractivity contribution in [3.8, 4) is 0 Å². The molecule has 0 aliphatic carbocycles. The van der Waals surface area contributed by atoms with Gasteiger partial charge in [-0.15, -0.1) is 0 Å². The van der Waals surface area contributed by atoms with Gasteiger partial charge in [-0.25, -0.2) is 0 Å². The Labute approximate surface area is 135 Å². The molecule has 0 aliphatic heterocycles. The van der Waals surface area contributed by atoms with Crippen molar-refractivity contribution in [1.29, 1.82) is 0 Å². The second kappa shape index (κ2) is 7.21. The van der Waals surface area contributed by atoms with Crippen molar-refractivity contribution >= 4 is 27.8 Å². The number of carbonyl (C=O) groups is 2. The lowest BCUT2D eigenvalue weighted by Crippen LogP contribution is -2.24. The number of carbonyl (C=O) groups excluding carboxylic acids is 1. The zero-order valence-corrected chi connectivity index (χ0v) is 13.6. The maximum atomic E-state index is 12.1. The third kappa shape index (κ3) is 3.94. The van der Waals surface area contributed by atoms with Gasteiger partial charge in [0.05, 0.1) is 47.6 Å². The molecule has 0 bridgehead atoms. The number of carboxylic acids is 1. The van der Waals surface area contributed by atoms with Crippen LogP contribution in [0.1, 0.15) is 29.4 Å². The van der Waals surface area contributed by atoms with E-state index < -0.39 is 5.97 Å². The normalized spacial score (nSPS) is 10.6. The zero-order valence-electron chi connectivity index (χ0n) is 12.0. The van der Waals surface area contributed by atoms with Crippen LogP contribution in [-0.4, -0.2) is 36.5 Å². The van der Waals surface area contributed by atoms with E-state index in [0.717, 1.165) is 10.2 Å². The number of amides is 1. The van der Waals surface area contributed by atoms with Crippen molar-refractivity contribution in [2.45, 2.75) is 33.0 Å². The summed E-state index contributed by atoms with van der Waals surface area (Å²) < 4.78 is 4.07. The Morgan fingerprint density at radius 3 is 2.82 bits per heavy atom. The lowest BCUT2D eigenvalue weighted by Gasteiger charge is -2.07. The van der Waals surface area contributed by atoms with Crippen LogP contribution in [0.15, 0.2) is 23.1 Å². The van der Waals surface area contributed by atoms with Gasteiger partial charge in [-0.1, -0.05) is 0 Å². The van der Waals surface area contributed by atoms with Crippen LogP contribution in [0, 0.1) is 0 Å². The van der Waals surface area contributed by atoms with Gasteiger partial charge in [0.2, 0.25) is 0 Å². The van der Waals surface area contributed by atoms with Crippen molar-refractivity contribution in [2.75, 3.05) is 0 Å². The Morgan fingerprint density at radius 1 is 1.36 bits per heavy atom. The van der Waals surface area contributed by atoms with Gasteiger partial charge in [0, 0.05) is 12.7 Å². The molecule has 0 aromatic carbocycles. The molecule has 8 nitrogen and oxygen atoms in total. The summed E-state index contributed by atoms with van der Waals surface area (Å²) in [7, 11) is 0. The Bertz CT molecular complexity index is 679. The summed E-state index contributed by atoms with van der Waals surface area (Å²) >= 11 is 3.40. The van der Waals surface area contributed by atoms with Gasteiger partial charge >= 0.3 is 5.97 Å². The minimum Gasteiger partial charge on any atom is -0.481 e. The first kappa shape index (κ1) is 16.2. The zero-order chi connectivity index (χ0) is 16.1. The number of aromatic nitrogens is 4. The van der Waals surface area contributed by atoms with E-state index in [2.05, 4.69) is 31.4 Å². The molecule has 2 heterocycles. The summed E-state index contributed by atoms with van der Waals surface area (Å²) in [6.45, 7) is 3.26. The van der Waals surface area contributed by atoms with Crippen LogP contribution in [-0.2, 0) is 24.4 Å². The standard InChI is InChI=1S/C13H16BrN5O3/c1-2-19-11(10(14)6-17-19)7-15-13(22)9-5-16-18(8-9)4-3-12(20)21/h5-6,8H,2-4,7H2,1H3,(H,15,22)(H,20,21). The van der Waals surface area contributed by atoms with E-state index in [-0.39, 0.29) is 18.9 Å². The second-order valence-electron chi connectivity index (χ2n) is 4.57. The average molecular weight is 370 g/mol. The van der Waals surface area contributed by atoms with Crippen LogP contribution in [0.4, 0.5) is 0 Å². The van der Waals surface area contributed by atoms with Crippen LogP contribution in [0.5, 0.6) is 0 Å². The smallest absolute Gasteiger partial charge is 0.305 e. The third-order valence-corrected chi connectivity index (χ3v) is 3.73. The van der Waals surface area contributed by atoms with E-state index in [1.165, 1.54) is 17.1 Å². The molecule has 0 unspecified atom stereocenters. The first-order chi connectivity index (χ1) is 10.5. The number of carboxylic acid groups (broad SMARTS) is 1. The summed E-state index contributed by atoms with van der Waals surface area (Å²) in [5, 5.41) is 19.6. The van der Waals surface area contributed by atoms with E-state index in [4.69, 9.17) is 5.11 Å². The molecule has 118 valence electrons. The fourth-order valence-electron chi connectivity index (χ4n) is 1.92. The SMILES string of the molecule is CCn1ncc(Br)c1CNC(=O)c1cnn(CCC(=O)O)c1. The minimum absolute atomic E-state index is 0.0363. The predicted octanol–water partition coefficient (Wildman–Crippen LogP) is 1.27. The molecular formula is C13H16BrN5O3. The average Bonchev–Trinajstić information content (AvgIpc) is 3.09. The summed E-state index contributed by atoms with van der Waals surface area (Å²) in [6, 6.07) is 0. The van der Waals surface area contributed by atoms with Crippen molar-refractivity contribution in [3.05, 3.63) is 34.3 Å².